The van der Waals surface area contributed by atoms with Gasteiger partial charge in [0.25, 0.3) is 5.56 Å². The Bertz CT molecular complexity index is 1070. The fourth-order valence-corrected chi connectivity index (χ4v) is 3.55. The third-order valence-corrected chi connectivity index (χ3v) is 4.85. The number of thiophene rings is 1. The minimum absolute atomic E-state index is 0.127. The van der Waals surface area contributed by atoms with Crippen LogP contribution in [0.25, 0.3) is 22.4 Å². The highest BCUT2D eigenvalue weighted by Gasteiger charge is 2.19. The first-order chi connectivity index (χ1) is 12.4. The zero-order valence-corrected chi connectivity index (χ0v) is 14.7. The van der Waals surface area contributed by atoms with E-state index in [1.807, 2.05) is 0 Å². The summed E-state index contributed by atoms with van der Waals surface area (Å²) in [4.78, 5) is 31.8. The lowest BCUT2D eigenvalue weighted by Crippen LogP contribution is -2.10. The molecule has 0 fully saturated rings. The molecule has 2 heterocycles. The number of H-pyrrole nitrogens is 1. The average molecular weight is 376 g/mol. The molecule has 1 N–H and O–H groups in total. The van der Waals surface area contributed by atoms with Crippen LogP contribution in [0, 0.1) is 18.6 Å². The fraction of sp³-hybridized carbons (Fsp3) is 0.167. The average Bonchev–Trinajstić information content (AvgIpc) is 2.92. The van der Waals surface area contributed by atoms with Crippen molar-refractivity contribution in [1.29, 1.82) is 0 Å². The summed E-state index contributed by atoms with van der Waals surface area (Å²) in [5, 5.41) is 0.298. The van der Waals surface area contributed by atoms with Gasteiger partial charge in [-0.25, -0.2) is 18.6 Å². The van der Waals surface area contributed by atoms with Gasteiger partial charge in [-0.05, 0) is 43.7 Å². The maximum atomic E-state index is 13.7. The van der Waals surface area contributed by atoms with Crippen molar-refractivity contribution in [2.45, 2.75) is 13.8 Å². The molecule has 0 unspecified atom stereocenters. The second kappa shape index (κ2) is 7.17. The van der Waals surface area contributed by atoms with E-state index in [1.165, 1.54) is 18.2 Å². The number of hydrogen-bond donors (Lipinski definition) is 1. The lowest BCUT2D eigenvalue weighted by Gasteiger charge is -1.99. The Balaban J connectivity index is 2.05. The number of esters is 1. The summed E-state index contributed by atoms with van der Waals surface area (Å²) in [5.74, 6) is -1.83. The maximum Gasteiger partial charge on any atom is 0.348 e. The van der Waals surface area contributed by atoms with Crippen LogP contribution in [0.5, 0.6) is 0 Å². The lowest BCUT2D eigenvalue weighted by atomic mass is 10.2. The predicted molar refractivity (Wildman–Crippen MR) is 96.2 cm³/mol. The van der Waals surface area contributed by atoms with E-state index in [-0.39, 0.29) is 18.0 Å². The Kier molecular flexibility index (Phi) is 4.94. The van der Waals surface area contributed by atoms with Crippen LogP contribution in [0.3, 0.4) is 0 Å². The van der Waals surface area contributed by atoms with Crippen LogP contribution in [-0.2, 0) is 4.74 Å². The van der Waals surface area contributed by atoms with E-state index in [4.69, 9.17) is 4.74 Å². The molecule has 5 nitrogen and oxygen atoms in total. The Hall–Kier alpha value is -2.87. The van der Waals surface area contributed by atoms with Gasteiger partial charge < -0.3 is 9.72 Å². The molecule has 0 spiro atoms. The van der Waals surface area contributed by atoms with Crippen molar-refractivity contribution in [3.63, 3.8) is 0 Å². The normalized spacial score (nSPS) is 11.4. The SMILES string of the molecule is CCOC(=O)c1sc2nc(C=Cc3c(F)cccc3F)[nH]c(=O)c2c1C. The highest BCUT2D eigenvalue weighted by atomic mass is 32.1. The monoisotopic (exact) mass is 376 g/mol. The minimum Gasteiger partial charge on any atom is -0.462 e. The quantitative estimate of drug-likeness (QED) is 0.701. The molecule has 0 amide bonds. The van der Waals surface area contributed by atoms with Crippen LogP contribution in [0.15, 0.2) is 23.0 Å². The summed E-state index contributed by atoms with van der Waals surface area (Å²) < 4.78 is 32.3. The van der Waals surface area contributed by atoms with Gasteiger partial charge in [-0.1, -0.05) is 6.07 Å². The maximum absolute atomic E-state index is 13.7. The predicted octanol–water partition coefficient (Wildman–Crippen LogP) is 3.92. The number of fused-ring (bicyclic) bond motifs is 1. The number of aryl methyl sites for hydroxylation is 1. The molecule has 1 aromatic carbocycles. The summed E-state index contributed by atoms with van der Waals surface area (Å²) in [5.41, 5.74) is -0.175. The first-order valence-corrected chi connectivity index (χ1v) is 8.56. The molecule has 0 aliphatic heterocycles. The topological polar surface area (TPSA) is 72.0 Å². The van der Waals surface area contributed by atoms with Crippen LogP contribution >= 0.6 is 11.3 Å². The molecular formula is C18H14F2N2O3S. The molecule has 3 rings (SSSR count). The van der Waals surface area contributed by atoms with Crippen molar-refractivity contribution in [1.82, 2.24) is 9.97 Å². The number of aromatic amines is 1. The number of nitrogens with one attached hydrogen (secondary N) is 1. The van der Waals surface area contributed by atoms with Gasteiger partial charge in [0, 0.05) is 5.56 Å². The summed E-state index contributed by atoms with van der Waals surface area (Å²) in [6.45, 7) is 3.56. The van der Waals surface area contributed by atoms with Crippen molar-refractivity contribution in [2.24, 2.45) is 0 Å². The first-order valence-electron chi connectivity index (χ1n) is 7.75. The summed E-state index contributed by atoms with van der Waals surface area (Å²) in [6.07, 6.45) is 2.50. The van der Waals surface area contributed by atoms with Gasteiger partial charge in [-0.15, -0.1) is 11.3 Å². The van der Waals surface area contributed by atoms with E-state index < -0.39 is 23.2 Å². The number of nitrogens with zero attached hydrogens (tertiary/aromatic N) is 1. The third-order valence-electron chi connectivity index (χ3n) is 3.69. The molecular weight excluding hydrogens is 362 g/mol. The zero-order valence-electron chi connectivity index (χ0n) is 13.9. The van der Waals surface area contributed by atoms with Crippen molar-refractivity contribution in [2.75, 3.05) is 6.61 Å². The molecule has 0 bridgehead atoms. The van der Waals surface area contributed by atoms with Crippen molar-refractivity contribution in [3.8, 4) is 0 Å². The van der Waals surface area contributed by atoms with Crippen LogP contribution in [0.1, 0.15) is 33.5 Å². The molecule has 134 valence electrons. The molecule has 0 saturated heterocycles. The zero-order chi connectivity index (χ0) is 18.8. The van der Waals surface area contributed by atoms with Gasteiger partial charge in [0.1, 0.15) is 27.2 Å². The van der Waals surface area contributed by atoms with E-state index >= 15 is 0 Å². The second-order valence-corrected chi connectivity index (χ2v) is 6.38. The molecule has 0 atom stereocenters. The molecule has 0 aliphatic rings. The van der Waals surface area contributed by atoms with E-state index in [9.17, 15) is 18.4 Å². The fourth-order valence-electron chi connectivity index (χ4n) is 2.46. The van der Waals surface area contributed by atoms with E-state index in [0.29, 0.717) is 20.7 Å². The molecule has 0 radical (unpaired) electrons. The number of carbonyl (C=O) groups excluding carboxylic acids is 1. The van der Waals surface area contributed by atoms with Crippen LogP contribution in [0.4, 0.5) is 8.78 Å². The number of rotatable bonds is 4. The minimum atomic E-state index is -0.721. The third kappa shape index (κ3) is 3.28. The van der Waals surface area contributed by atoms with Crippen LogP contribution < -0.4 is 5.56 Å². The van der Waals surface area contributed by atoms with Gasteiger partial charge in [0.2, 0.25) is 0 Å². The van der Waals surface area contributed by atoms with Crippen LogP contribution in [-0.4, -0.2) is 22.5 Å². The number of carbonyl (C=O) groups is 1. The summed E-state index contributed by atoms with van der Waals surface area (Å²) in [7, 11) is 0. The molecule has 26 heavy (non-hydrogen) atoms. The highest BCUT2D eigenvalue weighted by Crippen LogP contribution is 2.27. The molecule has 3 aromatic rings. The second-order valence-electron chi connectivity index (χ2n) is 5.38. The van der Waals surface area contributed by atoms with E-state index in [2.05, 4.69) is 9.97 Å². The van der Waals surface area contributed by atoms with Gasteiger partial charge in [-0.2, -0.15) is 0 Å². The number of ether oxygens (including phenoxy) is 1. The van der Waals surface area contributed by atoms with Gasteiger partial charge >= 0.3 is 5.97 Å². The van der Waals surface area contributed by atoms with Crippen molar-refractivity contribution >= 4 is 39.7 Å². The Labute approximate surface area is 151 Å². The molecule has 0 saturated carbocycles. The Morgan fingerprint density at radius 2 is 2.00 bits per heavy atom. The van der Waals surface area contributed by atoms with Gasteiger partial charge in [0.15, 0.2) is 0 Å². The van der Waals surface area contributed by atoms with E-state index in [0.717, 1.165) is 23.5 Å². The van der Waals surface area contributed by atoms with Crippen LogP contribution in [0.2, 0.25) is 0 Å². The summed E-state index contributed by atoms with van der Waals surface area (Å²) >= 11 is 1.04. The Morgan fingerprint density at radius 1 is 1.31 bits per heavy atom. The summed E-state index contributed by atoms with van der Waals surface area (Å²) in [6, 6.07) is 3.53. The van der Waals surface area contributed by atoms with Crippen molar-refractivity contribution in [3.05, 3.63) is 62.0 Å². The van der Waals surface area contributed by atoms with Crippen molar-refractivity contribution < 1.29 is 18.3 Å². The lowest BCUT2D eigenvalue weighted by molar-refractivity contribution is 0.0531. The highest BCUT2D eigenvalue weighted by molar-refractivity contribution is 7.20. The standard InChI is InChI=1S/C18H14F2N2O3S/c1-3-25-18(24)15-9(2)14-16(23)21-13(22-17(14)26-15)8-7-10-11(19)5-4-6-12(10)20/h4-8H,3H2,1-2H3,(H,21,22,23). The molecule has 8 heteroatoms. The largest absolute Gasteiger partial charge is 0.462 e. The number of halogens is 2. The number of benzene rings is 1. The van der Waals surface area contributed by atoms with Gasteiger partial charge in [-0.3, -0.25) is 4.79 Å². The number of aromatic nitrogens is 2. The smallest absolute Gasteiger partial charge is 0.348 e. The molecule has 2 aromatic heterocycles. The number of hydrogen-bond acceptors (Lipinski definition) is 5. The first kappa shape index (κ1) is 17.9. The van der Waals surface area contributed by atoms with Gasteiger partial charge in [0.05, 0.1) is 12.0 Å². The van der Waals surface area contributed by atoms with E-state index in [1.54, 1.807) is 13.8 Å². The Morgan fingerprint density at radius 3 is 2.65 bits per heavy atom. The molecule has 0 aliphatic carbocycles.